The molecule has 1 aliphatic heterocycles. The number of nitrogen functional groups attached to an aromatic ring is 1. The highest BCUT2D eigenvalue weighted by atomic mass is 35.5. The molecule has 1 aromatic heterocycles. The van der Waals surface area contributed by atoms with E-state index in [-0.39, 0.29) is 17.8 Å². The SMILES string of the molecule is Nc1n[nH]c(-c2c(CNC(=O)C3CCNCC3)ccc(Cl)c2Cl)n1. The van der Waals surface area contributed by atoms with Crippen molar-refractivity contribution < 1.29 is 4.79 Å². The number of nitrogens with one attached hydrogen (secondary N) is 3. The van der Waals surface area contributed by atoms with Crippen molar-refractivity contribution in [3.63, 3.8) is 0 Å². The van der Waals surface area contributed by atoms with Gasteiger partial charge in [0, 0.05) is 18.0 Å². The summed E-state index contributed by atoms with van der Waals surface area (Å²) in [5, 5.41) is 13.5. The molecule has 1 aliphatic rings. The Morgan fingerprint density at radius 3 is 2.75 bits per heavy atom. The van der Waals surface area contributed by atoms with Gasteiger partial charge in [-0.3, -0.25) is 9.89 Å². The molecule has 0 bridgehead atoms. The second kappa shape index (κ2) is 7.38. The lowest BCUT2D eigenvalue weighted by Gasteiger charge is -2.22. The number of piperidine rings is 1. The van der Waals surface area contributed by atoms with Gasteiger partial charge in [-0.05, 0) is 37.6 Å². The zero-order valence-corrected chi connectivity index (χ0v) is 14.4. The van der Waals surface area contributed by atoms with Crippen LogP contribution >= 0.6 is 23.2 Å². The molecule has 1 fully saturated rings. The lowest BCUT2D eigenvalue weighted by Crippen LogP contribution is -2.37. The maximum absolute atomic E-state index is 12.3. The molecule has 2 heterocycles. The smallest absolute Gasteiger partial charge is 0.239 e. The molecule has 1 amide bonds. The Bertz CT molecular complexity index is 742. The second-order valence-corrected chi connectivity index (χ2v) is 6.46. The first-order chi connectivity index (χ1) is 11.6. The van der Waals surface area contributed by atoms with E-state index in [0.29, 0.717) is 28.0 Å². The minimum atomic E-state index is 0.0402. The van der Waals surface area contributed by atoms with Crippen LogP contribution in [0.15, 0.2) is 12.1 Å². The summed E-state index contributed by atoms with van der Waals surface area (Å²) in [7, 11) is 0. The van der Waals surface area contributed by atoms with E-state index >= 15 is 0 Å². The second-order valence-electron chi connectivity index (χ2n) is 5.68. The summed E-state index contributed by atoms with van der Waals surface area (Å²) in [4.78, 5) is 16.4. The molecule has 24 heavy (non-hydrogen) atoms. The number of H-pyrrole nitrogens is 1. The Labute approximate surface area is 149 Å². The van der Waals surface area contributed by atoms with Crippen LogP contribution in [0.3, 0.4) is 0 Å². The number of carbonyl (C=O) groups excluding carboxylic acids is 1. The number of halogens is 2. The van der Waals surface area contributed by atoms with Crippen molar-refractivity contribution in [2.24, 2.45) is 5.92 Å². The van der Waals surface area contributed by atoms with Crippen molar-refractivity contribution in [1.82, 2.24) is 25.8 Å². The summed E-state index contributed by atoms with van der Waals surface area (Å²) in [6.45, 7) is 2.07. The number of carbonyl (C=O) groups is 1. The minimum absolute atomic E-state index is 0.0402. The Morgan fingerprint density at radius 1 is 1.33 bits per heavy atom. The minimum Gasteiger partial charge on any atom is -0.366 e. The van der Waals surface area contributed by atoms with E-state index in [9.17, 15) is 4.79 Å². The first kappa shape index (κ1) is 17.0. The molecule has 5 N–H and O–H groups in total. The van der Waals surface area contributed by atoms with Crippen LogP contribution in [0.25, 0.3) is 11.4 Å². The molecule has 128 valence electrons. The largest absolute Gasteiger partial charge is 0.366 e. The molecule has 0 radical (unpaired) electrons. The summed E-state index contributed by atoms with van der Waals surface area (Å²) >= 11 is 12.4. The highest BCUT2D eigenvalue weighted by Gasteiger charge is 2.22. The van der Waals surface area contributed by atoms with Crippen LogP contribution in [-0.4, -0.2) is 34.2 Å². The van der Waals surface area contributed by atoms with Crippen molar-refractivity contribution in [3.8, 4) is 11.4 Å². The number of nitrogens with two attached hydrogens (primary N) is 1. The van der Waals surface area contributed by atoms with Crippen LogP contribution in [0.5, 0.6) is 0 Å². The van der Waals surface area contributed by atoms with E-state index in [2.05, 4.69) is 25.8 Å². The molecular weight excluding hydrogens is 351 g/mol. The van der Waals surface area contributed by atoms with Gasteiger partial charge < -0.3 is 16.4 Å². The number of aromatic nitrogens is 3. The summed E-state index contributed by atoms with van der Waals surface area (Å²) in [6, 6.07) is 3.50. The standard InChI is InChI=1S/C15H18Cl2N6O/c16-10-2-1-9(7-20-14(24)8-3-5-19-6-4-8)11(12(10)17)13-21-15(18)23-22-13/h1-2,8,19H,3-7H2,(H,20,24)(H3,18,21,22,23). The molecule has 0 spiro atoms. The number of amides is 1. The number of benzene rings is 1. The normalized spacial score (nSPS) is 15.4. The van der Waals surface area contributed by atoms with Crippen LogP contribution in [0.1, 0.15) is 18.4 Å². The molecule has 2 aromatic rings. The van der Waals surface area contributed by atoms with Crippen LogP contribution in [0.2, 0.25) is 10.0 Å². The zero-order chi connectivity index (χ0) is 17.1. The summed E-state index contributed by atoms with van der Waals surface area (Å²) in [5.41, 5.74) is 6.96. The molecule has 0 aliphatic carbocycles. The van der Waals surface area contributed by atoms with Crippen molar-refractivity contribution >= 4 is 35.1 Å². The van der Waals surface area contributed by atoms with Gasteiger partial charge in [0.25, 0.3) is 0 Å². The average molecular weight is 369 g/mol. The highest BCUT2D eigenvalue weighted by molar-refractivity contribution is 6.43. The van der Waals surface area contributed by atoms with Crippen LogP contribution < -0.4 is 16.4 Å². The Morgan fingerprint density at radius 2 is 2.08 bits per heavy atom. The third kappa shape index (κ3) is 3.63. The Hall–Kier alpha value is -1.83. The van der Waals surface area contributed by atoms with Gasteiger partial charge in [-0.1, -0.05) is 29.3 Å². The monoisotopic (exact) mass is 368 g/mol. The lowest BCUT2D eigenvalue weighted by atomic mass is 9.97. The van der Waals surface area contributed by atoms with E-state index in [0.717, 1.165) is 31.5 Å². The summed E-state index contributed by atoms with van der Waals surface area (Å²) in [5.74, 6) is 0.626. The molecule has 1 saturated heterocycles. The molecule has 3 rings (SSSR count). The quantitative estimate of drug-likeness (QED) is 0.659. The first-order valence-electron chi connectivity index (χ1n) is 7.70. The maximum Gasteiger partial charge on any atom is 0.239 e. The predicted octanol–water partition coefficient (Wildman–Crippen LogP) is 1.98. The van der Waals surface area contributed by atoms with E-state index in [4.69, 9.17) is 28.9 Å². The van der Waals surface area contributed by atoms with Crippen molar-refractivity contribution in [2.75, 3.05) is 18.8 Å². The molecule has 1 aromatic carbocycles. The average Bonchev–Trinajstić information content (AvgIpc) is 3.02. The van der Waals surface area contributed by atoms with Crippen molar-refractivity contribution in [2.45, 2.75) is 19.4 Å². The third-order valence-electron chi connectivity index (χ3n) is 4.08. The van der Waals surface area contributed by atoms with Gasteiger partial charge in [-0.25, -0.2) is 0 Å². The predicted molar refractivity (Wildman–Crippen MR) is 93.7 cm³/mol. The number of hydrogen-bond donors (Lipinski definition) is 4. The fourth-order valence-corrected chi connectivity index (χ4v) is 3.22. The molecule has 7 nitrogen and oxygen atoms in total. The first-order valence-corrected chi connectivity index (χ1v) is 8.45. The molecule has 9 heteroatoms. The topological polar surface area (TPSA) is 109 Å². The Balaban J connectivity index is 1.80. The van der Waals surface area contributed by atoms with Crippen LogP contribution in [0.4, 0.5) is 5.95 Å². The van der Waals surface area contributed by atoms with Gasteiger partial charge in [-0.2, -0.15) is 4.98 Å². The molecule has 0 saturated carbocycles. The maximum atomic E-state index is 12.3. The van der Waals surface area contributed by atoms with E-state index in [1.165, 1.54) is 0 Å². The van der Waals surface area contributed by atoms with E-state index in [1.807, 2.05) is 6.07 Å². The Kier molecular flexibility index (Phi) is 5.23. The molecular formula is C15H18Cl2N6O. The van der Waals surface area contributed by atoms with Gasteiger partial charge in [0.2, 0.25) is 11.9 Å². The van der Waals surface area contributed by atoms with Gasteiger partial charge in [0.1, 0.15) is 0 Å². The number of hydrogen-bond acceptors (Lipinski definition) is 5. The third-order valence-corrected chi connectivity index (χ3v) is 4.89. The molecule has 0 atom stereocenters. The van der Waals surface area contributed by atoms with E-state index < -0.39 is 0 Å². The van der Waals surface area contributed by atoms with Gasteiger partial charge in [-0.15, -0.1) is 5.10 Å². The number of anilines is 1. The van der Waals surface area contributed by atoms with Gasteiger partial charge in [0.15, 0.2) is 5.82 Å². The fraction of sp³-hybridized carbons (Fsp3) is 0.400. The van der Waals surface area contributed by atoms with Crippen LogP contribution in [-0.2, 0) is 11.3 Å². The van der Waals surface area contributed by atoms with Crippen LogP contribution in [0, 0.1) is 5.92 Å². The summed E-state index contributed by atoms with van der Waals surface area (Å²) < 4.78 is 0. The van der Waals surface area contributed by atoms with Crippen molar-refractivity contribution in [1.29, 1.82) is 0 Å². The van der Waals surface area contributed by atoms with Gasteiger partial charge in [0.05, 0.1) is 10.0 Å². The summed E-state index contributed by atoms with van der Waals surface area (Å²) in [6.07, 6.45) is 1.69. The zero-order valence-electron chi connectivity index (χ0n) is 12.9. The highest BCUT2D eigenvalue weighted by Crippen LogP contribution is 2.35. The molecule has 0 unspecified atom stereocenters. The van der Waals surface area contributed by atoms with Gasteiger partial charge >= 0.3 is 0 Å². The lowest BCUT2D eigenvalue weighted by molar-refractivity contribution is -0.125. The number of rotatable bonds is 4. The fourth-order valence-electron chi connectivity index (χ4n) is 2.79. The number of aromatic amines is 1. The number of nitrogens with zero attached hydrogens (tertiary/aromatic N) is 2. The van der Waals surface area contributed by atoms with Crippen molar-refractivity contribution in [3.05, 3.63) is 27.7 Å². The van der Waals surface area contributed by atoms with E-state index in [1.54, 1.807) is 6.07 Å².